The Bertz CT molecular complexity index is 4350. The third kappa shape index (κ3) is 10.8. The molecule has 1 aliphatic rings. The number of hydrogen-bond acceptors (Lipinski definition) is 4. The van der Waals surface area contributed by atoms with Crippen molar-refractivity contribution in [3.63, 3.8) is 0 Å². The zero-order chi connectivity index (χ0) is 59.3. The fraction of sp³-hybridized carbons (Fsp3) is 0.189. The molecule has 9 aromatic carbocycles. The summed E-state index contributed by atoms with van der Waals surface area (Å²) in [4.78, 5) is 8.58. The van der Waals surface area contributed by atoms with Crippen molar-refractivity contribution < 1.29 is 47.8 Å². The largest absolute Gasteiger partial charge is 0.509 e. The van der Waals surface area contributed by atoms with Gasteiger partial charge in [0.15, 0.2) is 23.3 Å². The molecule has 3 heterocycles. The third-order valence-corrected chi connectivity index (χ3v) is 15.8. The van der Waals surface area contributed by atoms with Crippen LogP contribution in [0.5, 0.6) is 11.5 Å². The van der Waals surface area contributed by atoms with E-state index in [2.05, 4.69) is 134 Å². The van der Waals surface area contributed by atoms with E-state index in [4.69, 9.17) is 9.72 Å². The maximum absolute atomic E-state index is 16.9. The van der Waals surface area contributed by atoms with Gasteiger partial charge in [-0.25, -0.2) is 26.9 Å². The molecular formula is C74H62F5N4OPt-3. The molecule has 0 atom stereocenters. The average Bonchev–Trinajstić information content (AvgIpc) is 2.69. The van der Waals surface area contributed by atoms with Gasteiger partial charge in [-0.1, -0.05) is 176 Å². The fourth-order valence-electron chi connectivity index (χ4n) is 11.4. The number of anilines is 4. The first kappa shape index (κ1) is 58.4. The van der Waals surface area contributed by atoms with Gasteiger partial charge < -0.3 is 19.1 Å². The van der Waals surface area contributed by atoms with E-state index in [1.165, 1.54) is 6.07 Å². The van der Waals surface area contributed by atoms with E-state index in [0.717, 1.165) is 66.6 Å². The van der Waals surface area contributed by atoms with Crippen molar-refractivity contribution in [2.24, 2.45) is 0 Å². The smallest absolute Gasteiger partial charge is 0.200 e. The minimum atomic E-state index is -2.24. The van der Waals surface area contributed by atoms with Gasteiger partial charge in [0.1, 0.15) is 5.82 Å². The molecule has 5 nitrogen and oxygen atoms in total. The molecule has 0 N–H and O–H groups in total. The third-order valence-electron chi connectivity index (χ3n) is 15.8. The molecule has 0 spiro atoms. The van der Waals surface area contributed by atoms with Gasteiger partial charge in [-0.3, -0.25) is 0 Å². The molecule has 11 heteroatoms. The molecule has 0 amide bonds. The number of hydrogen-bond donors (Lipinski definition) is 0. The van der Waals surface area contributed by atoms with E-state index in [1.54, 1.807) is 11.6 Å². The number of benzene rings is 9. The molecule has 432 valence electrons. The summed E-state index contributed by atoms with van der Waals surface area (Å²) in [6.07, 6.45) is 1.84. The van der Waals surface area contributed by atoms with E-state index >= 15 is 22.0 Å². The van der Waals surface area contributed by atoms with Crippen LogP contribution in [0.2, 0.25) is 0 Å². The first-order valence-corrected chi connectivity index (χ1v) is 28.1. The van der Waals surface area contributed by atoms with Crippen molar-refractivity contribution in [2.75, 3.05) is 9.80 Å². The fourth-order valence-corrected chi connectivity index (χ4v) is 11.4. The monoisotopic (exact) mass is 1310 g/mol. The average molecular weight is 1310 g/mol. The van der Waals surface area contributed by atoms with Crippen LogP contribution >= 0.6 is 0 Å². The van der Waals surface area contributed by atoms with Gasteiger partial charge in [0.2, 0.25) is 5.82 Å². The Balaban J connectivity index is 0.00000752. The van der Waals surface area contributed by atoms with Gasteiger partial charge in [0, 0.05) is 72.5 Å². The maximum Gasteiger partial charge on any atom is 0.200 e. The Morgan fingerprint density at radius 3 is 1.67 bits per heavy atom. The number of aromatic nitrogens is 2. The Morgan fingerprint density at radius 1 is 0.459 bits per heavy atom. The summed E-state index contributed by atoms with van der Waals surface area (Å²) in [6, 6.07) is 60.3. The van der Waals surface area contributed by atoms with E-state index < -0.39 is 34.6 Å². The van der Waals surface area contributed by atoms with Gasteiger partial charge in [-0.15, -0.1) is 53.6 Å². The van der Waals surface area contributed by atoms with Crippen molar-refractivity contribution >= 4 is 44.6 Å². The van der Waals surface area contributed by atoms with Crippen LogP contribution < -0.4 is 14.5 Å². The molecule has 1 aliphatic heterocycles. The van der Waals surface area contributed by atoms with Gasteiger partial charge in [-0.05, 0) is 117 Å². The van der Waals surface area contributed by atoms with Crippen molar-refractivity contribution in [3.05, 3.63) is 246 Å². The minimum Gasteiger partial charge on any atom is -0.509 e. The molecule has 0 aliphatic carbocycles. The Kier molecular flexibility index (Phi) is 15.1. The predicted octanol–water partition coefficient (Wildman–Crippen LogP) is 20.9. The van der Waals surface area contributed by atoms with Crippen LogP contribution in [0.25, 0.3) is 72.1 Å². The molecule has 0 bridgehead atoms. The second-order valence-corrected chi connectivity index (χ2v) is 25.1. The van der Waals surface area contributed by atoms with Crippen molar-refractivity contribution in [1.82, 2.24) is 9.55 Å². The molecule has 0 fully saturated rings. The van der Waals surface area contributed by atoms with Crippen LogP contribution in [0.15, 0.2) is 170 Å². The van der Waals surface area contributed by atoms with Crippen LogP contribution in [0.1, 0.15) is 90.1 Å². The van der Waals surface area contributed by atoms with Crippen LogP contribution in [0.3, 0.4) is 0 Å². The van der Waals surface area contributed by atoms with E-state index in [-0.39, 0.29) is 48.6 Å². The first-order valence-electron chi connectivity index (χ1n) is 28.1. The summed E-state index contributed by atoms with van der Waals surface area (Å²) in [5, 5.41) is 2.01. The van der Waals surface area contributed by atoms with Crippen molar-refractivity contribution in [3.8, 4) is 61.8 Å². The van der Waals surface area contributed by atoms with E-state index in [9.17, 15) is 0 Å². The van der Waals surface area contributed by atoms with Gasteiger partial charge in [-0.2, -0.15) is 6.07 Å². The number of halogens is 5. The molecule has 0 saturated carbocycles. The molecule has 0 unspecified atom stereocenters. The summed E-state index contributed by atoms with van der Waals surface area (Å²) >= 11 is 0. The summed E-state index contributed by atoms with van der Waals surface area (Å²) in [5.41, 5.74) is 10.8. The van der Waals surface area contributed by atoms with Crippen LogP contribution in [-0.2, 0) is 37.3 Å². The Morgan fingerprint density at radius 2 is 1.02 bits per heavy atom. The SMILES string of the molecule is Cc1cc(C)cc(-c2cc(Oc3[c-]c4c(cc3)c3ccccc3n4-c3cc(C(C)(C)C)ccn3)[c-]c(N3[CH-]N(c4c(-c5cc(C(C)(C)C)cc(C(C)(C)C)c5)cc(-c5ccccc5)cc4-c4c(F)c(F)c(F)c(F)c4F)c4ccccc43)c2)c1.[Pt]. The second kappa shape index (κ2) is 21.9. The maximum atomic E-state index is 16.9. The van der Waals surface area contributed by atoms with Gasteiger partial charge in [0.05, 0.1) is 5.56 Å². The zero-order valence-electron chi connectivity index (χ0n) is 49.1. The number of rotatable bonds is 9. The number of pyridine rings is 1. The molecule has 85 heavy (non-hydrogen) atoms. The molecule has 12 rings (SSSR count). The van der Waals surface area contributed by atoms with Crippen LogP contribution in [0, 0.1) is 61.7 Å². The Hall–Kier alpha value is -8.33. The van der Waals surface area contributed by atoms with Crippen molar-refractivity contribution in [1.29, 1.82) is 0 Å². The molecule has 11 aromatic rings. The number of nitrogens with zero attached hydrogens (tertiary/aromatic N) is 4. The van der Waals surface area contributed by atoms with Crippen LogP contribution in [-0.4, -0.2) is 9.55 Å². The van der Waals surface area contributed by atoms with E-state index in [1.807, 2.05) is 128 Å². The van der Waals surface area contributed by atoms with E-state index in [0.29, 0.717) is 50.8 Å². The zero-order valence-corrected chi connectivity index (χ0v) is 51.4. The second-order valence-electron chi connectivity index (χ2n) is 25.1. The summed E-state index contributed by atoms with van der Waals surface area (Å²) < 4.78 is 89.7. The normalized spacial score (nSPS) is 12.8. The van der Waals surface area contributed by atoms with Gasteiger partial charge >= 0.3 is 0 Å². The van der Waals surface area contributed by atoms with Gasteiger partial charge in [0.25, 0.3) is 0 Å². The first-order chi connectivity index (χ1) is 39.9. The minimum absolute atomic E-state index is 0. The molecular weight excluding hydrogens is 1250 g/mol. The molecule has 0 saturated heterocycles. The molecule has 2 aromatic heterocycles. The quantitative estimate of drug-likeness (QED) is 0.0624. The standard InChI is InChI=1S/C74H62F5N4O.Pt/c1-43-29-44(2)31-46(30-43)47-34-53(40-55(35-47)84-54-25-26-57-56-21-15-16-22-60(56)83(63(57)41-54)64-39-50(27-28-80-64)72(3,4)5)81-42-82(62-24-18-17-23-61(62)81)71-58(49-32-51(73(6,7)8)38-52(33-49)74(9,10)11)36-48(45-19-13-12-14-20-45)37-59(71)65-66(75)68(77)70(79)69(78)67(65)76;/h12-39,42H,1-11H3;/q-3;. The number of fused-ring (bicyclic) bond motifs is 4. The predicted molar refractivity (Wildman–Crippen MR) is 331 cm³/mol. The summed E-state index contributed by atoms with van der Waals surface area (Å²) in [6.45, 7) is 25.1. The number of ether oxygens (including phenoxy) is 1. The van der Waals surface area contributed by atoms with Crippen molar-refractivity contribution in [2.45, 2.75) is 92.4 Å². The topological polar surface area (TPSA) is 33.5 Å². The number of para-hydroxylation sites is 3. The molecule has 0 radical (unpaired) electrons. The number of aryl methyl sites for hydroxylation is 2. The summed E-state index contributed by atoms with van der Waals surface area (Å²) in [7, 11) is 0. The summed E-state index contributed by atoms with van der Waals surface area (Å²) in [5.74, 6) is -8.71. The van der Waals surface area contributed by atoms with Crippen LogP contribution in [0.4, 0.5) is 44.7 Å². The Labute approximate surface area is 508 Å².